The van der Waals surface area contributed by atoms with E-state index in [-0.39, 0.29) is 0 Å². The monoisotopic (exact) mass is 270 g/mol. The van der Waals surface area contributed by atoms with E-state index in [1.165, 1.54) is 20.6 Å². The molecule has 4 heteroatoms. The molecule has 88 valence electrons. The van der Waals surface area contributed by atoms with Crippen LogP contribution in [0.15, 0.2) is 44.0 Å². The lowest BCUT2D eigenvalue weighted by atomic mass is 10.1. The van der Waals surface area contributed by atoms with E-state index in [2.05, 4.69) is 48.1 Å². The lowest BCUT2D eigenvalue weighted by Gasteiger charge is -2.20. The predicted molar refractivity (Wildman–Crippen MR) is 81.2 cm³/mol. The molecule has 2 aliphatic rings. The summed E-state index contributed by atoms with van der Waals surface area (Å²) in [5.41, 5.74) is 2.16. The zero-order valence-electron chi connectivity index (χ0n) is 10.0. The zero-order chi connectivity index (χ0) is 12.3. The molecule has 0 fully saturated rings. The van der Waals surface area contributed by atoms with E-state index >= 15 is 0 Å². The normalized spacial score (nSPS) is 16.6. The summed E-state index contributed by atoms with van der Waals surface area (Å²) >= 11 is 3.50. The van der Waals surface area contributed by atoms with Crippen LogP contribution in [0.1, 0.15) is 13.8 Å². The van der Waals surface area contributed by atoms with Gasteiger partial charge in [-0.25, -0.2) is 9.98 Å². The van der Waals surface area contributed by atoms with Crippen molar-refractivity contribution in [2.45, 2.75) is 23.6 Å². The van der Waals surface area contributed by atoms with Crippen LogP contribution in [-0.4, -0.2) is 10.1 Å². The Kier molecular flexibility index (Phi) is 2.14. The second-order valence-electron chi connectivity index (χ2n) is 4.38. The van der Waals surface area contributed by atoms with Crippen LogP contribution in [0, 0.1) is 0 Å². The number of rotatable bonds is 0. The fraction of sp³-hybridized carbons (Fsp3) is 0.143. The SMILES string of the molecule is CC1=Nc2ccc3c4c(ccc(c24)S1)N=C(C)S3. The number of benzene rings is 2. The summed E-state index contributed by atoms with van der Waals surface area (Å²) in [5.74, 6) is 0. The van der Waals surface area contributed by atoms with E-state index in [4.69, 9.17) is 0 Å². The van der Waals surface area contributed by atoms with E-state index in [0.29, 0.717) is 0 Å². The van der Waals surface area contributed by atoms with Crippen molar-refractivity contribution in [2.24, 2.45) is 9.98 Å². The van der Waals surface area contributed by atoms with Crippen LogP contribution in [0.3, 0.4) is 0 Å². The molecule has 0 saturated heterocycles. The molecular formula is C14H10N2S2. The Morgan fingerprint density at radius 1 is 0.722 bits per heavy atom. The first-order valence-corrected chi connectivity index (χ1v) is 7.42. The molecular weight excluding hydrogens is 260 g/mol. The Labute approximate surface area is 114 Å². The quantitative estimate of drug-likeness (QED) is 0.661. The van der Waals surface area contributed by atoms with Gasteiger partial charge in [-0.3, -0.25) is 0 Å². The molecule has 0 radical (unpaired) electrons. The Bertz CT molecular complexity index is 695. The van der Waals surface area contributed by atoms with Crippen molar-refractivity contribution in [3.05, 3.63) is 24.3 Å². The third kappa shape index (κ3) is 1.39. The number of hydrogen-bond acceptors (Lipinski definition) is 4. The minimum atomic E-state index is 1.08. The summed E-state index contributed by atoms with van der Waals surface area (Å²) in [6.45, 7) is 4.12. The molecule has 0 aliphatic carbocycles. The largest absolute Gasteiger partial charge is 0.246 e. The summed E-state index contributed by atoms with van der Waals surface area (Å²) in [5, 5.41) is 4.75. The summed E-state index contributed by atoms with van der Waals surface area (Å²) in [6, 6.07) is 8.58. The van der Waals surface area contributed by atoms with E-state index in [9.17, 15) is 0 Å². The van der Waals surface area contributed by atoms with Gasteiger partial charge in [0.15, 0.2) is 0 Å². The maximum atomic E-state index is 4.65. The molecule has 0 amide bonds. The predicted octanol–water partition coefficient (Wildman–Crippen LogP) is 5.15. The molecule has 0 N–H and O–H groups in total. The number of aliphatic imine (C=N–C) groups is 2. The van der Waals surface area contributed by atoms with Gasteiger partial charge >= 0.3 is 0 Å². The topological polar surface area (TPSA) is 24.7 Å². The molecule has 18 heavy (non-hydrogen) atoms. The van der Waals surface area contributed by atoms with Crippen molar-refractivity contribution in [1.29, 1.82) is 0 Å². The van der Waals surface area contributed by atoms with Crippen LogP contribution in [0.5, 0.6) is 0 Å². The van der Waals surface area contributed by atoms with Gasteiger partial charge in [0, 0.05) is 20.6 Å². The molecule has 0 unspecified atom stereocenters. The molecule has 2 heterocycles. The second-order valence-corrected chi connectivity index (χ2v) is 6.85. The third-order valence-electron chi connectivity index (χ3n) is 3.11. The first-order chi connectivity index (χ1) is 8.72. The molecule has 0 bridgehead atoms. The molecule has 0 spiro atoms. The molecule has 2 nitrogen and oxygen atoms in total. The van der Waals surface area contributed by atoms with Gasteiger partial charge in [0.05, 0.1) is 21.5 Å². The van der Waals surface area contributed by atoms with Gasteiger partial charge < -0.3 is 0 Å². The van der Waals surface area contributed by atoms with E-state index in [1.807, 2.05) is 0 Å². The van der Waals surface area contributed by atoms with Gasteiger partial charge in [-0.05, 0) is 38.1 Å². The van der Waals surface area contributed by atoms with Crippen molar-refractivity contribution in [2.75, 3.05) is 0 Å². The summed E-state index contributed by atoms with van der Waals surface area (Å²) in [4.78, 5) is 11.9. The highest BCUT2D eigenvalue weighted by Crippen LogP contribution is 2.49. The Morgan fingerprint density at radius 2 is 1.17 bits per heavy atom. The van der Waals surface area contributed by atoms with Crippen LogP contribution in [0.2, 0.25) is 0 Å². The van der Waals surface area contributed by atoms with Crippen molar-refractivity contribution >= 4 is 55.8 Å². The van der Waals surface area contributed by atoms with Crippen LogP contribution in [-0.2, 0) is 0 Å². The fourth-order valence-electron chi connectivity index (χ4n) is 2.46. The minimum absolute atomic E-state index is 1.08. The van der Waals surface area contributed by atoms with Gasteiger partial charge in [-0.1, -0.05) is 23.5 Å². The highest BCUT2D eigenvalue weighted by atomic mass is 32.2. The van der Waals surface area contributed by atoms with Crippen LogP contribution in [0.4, 0.5) is 11.4 Å². The van der Waals surface area contributed by atoms with Gasteiger partial charge in [0.1, 0.15) is 0 Å². The number of hydrogen-bond donors (Lipinski definition) is 0. The van der Waals surface area contributed by atoms with E-state index < -0.39 is 0 Å². The van der Waals surface area contributed by atoms with Crippen LogP contribution >= 0.6 is 23.5 Å². The maximum absolute atomic E-state index is 4.65. The highest BCUT2D eigenvalue weighted by Gasteiger charge is 2.21. The van der Waals surface area contributed by atoms with E-state index in [1.54, 1.807) is 23.5 Å². The molecule has 2 aromatic carbocycles. The van der Waals surface area contributed by atoms with Crippen LogP contribution < -0.4 is 0 Å². The van der Waals surface area contributed by atoms with Crippen molar-refractivity contribution in [1.82, 2.24) is 0 Å². The summed E-state index contributed by atoms with van der Waals surface area (Å²) in [7, 11) is 0. The first-order valence-electron chi connectivity index (χ1n) is 5.78. The summed E-state index contributed by atoms with van der Waals surface area (Å²) < 4.78 is 0. The third-order valence-corrected chi connectivity index (χ3v) is 5.00. The van der Waals surface area contributed by atoms with Gasteiger partial charge in [0.2, 0.25) is 0 Å². The molecule has 0 atom stereocenters. The van der Waals surface area contributed by atoms with Gasteiger partial charge in [-0.15, -0.1) is 0 Å². The van der Waals surface area contributed by atoms with Gasteiger partial charge in [-0.2, -0.15) is 0 Å². The Hall–Kier alpha value is -1.26. The number of nitrogens with zero attached hydrogens (tertiary/aromatic N) is 2. The standard InChI is InChI=1S/C14H10N2S2/c1-7-15-9-3-6-12-14-10(16-8(2)18-12)4-5-11(17-7)13(9)14/h3-6H,1-2H3. The Morgan fingerprint density at radius 3 is 1.61 bits per heavy atom. The molecule has 4 rings (SSSR count). The lowest BCUT2D eigenvalue weighted by molar-refractivity contribution is 1.39. The first kappa shape index (κ1) is 10.6. The van der Waals surface area contributed by atoms with Crippen molar-refractivity contribution < 1.29 is 0 Å². The zero-order valence-corrected chi connectivity index (χ0v) is 11.7. The molecule has 0 saturated carbocycles. The highest BCUT2D eigenvalue weighted by molar-refractivity contribution is 8.14. The van der Waals surface area contributed by atoms with Gasteiger partial charge in [0.25, 0.3) is 0 Å². The Balaban J connectivity index is 2.20. The smallest absolute Gasteiger partial charge is 0.0755 e. The molecule has 0 aromatic heterocycles. The molecule has 2 aromatic rings. The van der Waals surface area contributed by atoms with Crippen molar-refractivity contribution in [3.63, 3.8) is 0 Å². The van der Waals surface area contributed by atoms with Crippen LogP contribution in [0.25, 0.3) is 10.8 Å². The van der Waals surface area contributed by atoms with E-state index in [0.717, 1.165) is 21.5 Å². The average Bonchev–Trinajstić information content (AvgIpc) is 2.34. The van der Waals surface area contributed by atoms with Crippen molar-refractivity contribution in [3.8, 4) is 0 Å². The summed E-state index contributed by atoms with van der Waals surface area (Å²) in [6.07, 6.45) is 0. The minimum Gasteiger partial charge on any atom is -0.246 e. The second kappa shape index (κ2) is 3.62. The fourth-order valence-corrected chi connectivity index (χ4v) is 4.27. The average molecular weight is 270 g/mol. The molecule has 2 aliphatic heterocycles. The lowest BCUT2D eigenvalue weighted by Crippen LogP contribution is -1.96. The number of thioether (sulfide) groups is 2. The maximum Gasteiger partial charge on any atom is 0.0755 e.